The molecule has 0 unspecified atom stereocenters. The smallest absolute Gasteiger partial charge is 0.404 e. The van der Waals surface area contributed by atoms with Crippen LogP contribution in [0.5, 0.6) is 0 Å². The van der Waals surface area contributed by atoms with Crippen LogP contribution in [0.3, 0.4) is 0 Å². The first-order valence-electron chi connectivity index (χ1n) is 15.0. The number of hydrogen-bond acceptors (Lipinski definition) is 5. The molecule has 0 spiro atoms. The molecule has 0 aliphatic rings. The lowest BCUT2D eigenvalue weighted by atomic mass is 9.81. The molecular weight excluding hydrogens is 538 g/mol. The maximum atomic E-state index is 12.6. The van der Waals surface area contributed by atoms with Crippen molar-refractivity contribution in [2.75, 3.05) is 0 Å². The summed E-state index contributed by atoms with van der Waals surface area (Å²) in [6, 6.07) is 16.7. The van der Waals surface area contributed by atoms with Crippen LogP contribution in [0.2, 0.25) is 0 Å². The summed E-state index contributed by atoms with van der Waals surface area (Å²) in [7, 11) is 0. The Labute approximate surface area is 257 Å². The lowest BCUT2D eigenvalue weighted by Gasteiger charge is -2.33. The molecule has 0 radical (unpaired) electrons. The van der Waals surface area contributed by atoms with E-state index in [2.05, 4.69) is 12.7 Å². The molecule has 0 bridgehead atoms. The number of aliphatic hydroxyl groups is 2. The summed E-state index contributed by atoms with van der Waals surface area (Å²) >= 11 is 0. The summed E-state index contributed by atoms with van der Waals surface area (Å²) in [5.74, 6) is -0.843. The molecule has 2 rings (SSSR count). The molecule has 4 N–H and O–H groups in total. The molecular formula is C37H49NO5. The van der Waals surface area contributed by atoms with E-state index in [1.807, 2.05) is 114 Å². The fourth-order valence-corrected chi connectivity index (χ4v) is 5.50. The summed E-state index contributed by atoms with van der Waals surface area (Å²) in [6.45, 7) is 15.4. The van der Waals surface area contributed by atoms with E-state index in [1.165, 1.54) is 0 Å². The van der Waals surface area contributed by atoms with Crippen molar-refractivity contribution < 1.29 is 24.5 Å². The molecule has 0 aliphatic carbocycles. The molecule has 0 heterocycles. The number of hydrogen-bond donors (Lipinski definition) is 3. The Hall–Kier alpha value is -3.74. The van der Waals surface area contributed by atoms with Crippen LogP contribution in [-0.4, -0.2) is 40.4 Å². The van der Waals surface area contributed by atoms with Crippen LogP contribution < -0.4 is 5.73 Å². The second-order valence-corrected chi connectivity index (χ2v) is 11.8. The Balaban J connectivity index is 1.98. The van der Waals surface area contributed by atoms with Gasteiger partial charge in [-0.05, 0) is 24.8 Å². The molecule has 0 fully saturated rings. The van der Waals surface area contributed by atoms with Crippen molar-refractivity contribution in [2.45, 2.75) is 66.3 Å². The van der Waals surface area contributed by atoms with Gasteiger partial charge in [-0.25, -0.2) is 4.79 Å². The van der Waals surface area contributed by atoms with E-state index < -0.39 is 24.4 Å². The summed E-state index contributed by atoms with van der Waals surface area (Å²) in [5.41, 5.74) is 8.62. The summed E-state index contributed by atoms with van der Waals surface area (Å²) in [6.07, 6.45) is 9.15. The van der Waals surface area contributed by atoms with Crippen molar-refractivity contribution >= 4 is 18.0 Å². The largest absolute Gasteiger partial charge is 0.445 e. The number of benzene rings is 2. The minimum Gasteiger partial charge on any atom is -0.445 e. The number of primary amides is 1. The van der Waals surface area contributed by atoms with Gasteiger partial charge in [-0.15, -0.1) is 0 Å². The van der Waals surface area contributed by atoms with Gasteiger partial charge < -0.3 is 20.7 Å². The van der Waals surface area contributed by atoms with Crippen LogP contribution in [0.4, 0.5) is 4.79 Å². The van der Waals surface area contributed by atoms with E-state index in [0.717, 1.165) is 11.1 Å². The maximum absolute atomic E-state index is 12.6. The van der Waals surface area contributed by atoms with Crippen molar-refractivity contribution in [3.05, 3.63) is 114 Å². The fourth-order valence-electron chi connectivity index (χ4n) is 5.50. The topological polar surface area (TPSA) is 110 Å². The van der Waals surface area contributed by atoms with E-state index in [-0.39, 0.29) is 35.4 Å². The average Bonchev–Trinajstić information content (AvgIpc) is 3.00. The summed E-state index contributed by atoms with van der Waals surface area (Å²) < 4.78 is 5.38. The summed E-state index contributed by atoms with van der Waals surface area (Å²) in [5, 5.41) is 22.1. The van der Waals surface area contributed by atoms with Gasteiger partial charge in [-0.2, -0.15) is 0 Å². The standard InChI is InChI=1S/C37H49NO5/c1-8-9-13-26(4)36(43-37(38)42)29(7)34(40)28(6)23-24(2)22-27(5)33(39)25(3)16-17-30-18-20-32(21-19-30)35(41)31-14-11-10-12-15-31/h8-22,25-29,33-34,36,39-40H,1,23H2,2-7H3,(H2,38,42)/b13-9-,17-16-,24-22-/t25-,26-,27-,28-,29-,33-,34+,36-/m0/s1. The third kappa shape index (κ3) is 11.1. The first-order valence-corrected chi connectivity index (χ1v) is 15.0. The summed E-state index contributed by atoms with van der Waals surface area (Å²) in [4.78, 5) is 24.2. The molecule has 6 heteroatoms. The van der Waals surface area contributed by atoms with Gasteiger partial charge in [0.05, 0.1) is 12.2 Å². The highest BCUT2D eigenvalue weighted by Crippen LogP contribution is 2.29. The van der Waals surface area contributed by atoms with Gasteiger partial charge in [0.15, 0.2) is 5.78 Å². The molecule has 0 saturated carbocycles. The zero-order valence-electron chi connectivity index (χ0n) is 26.4. The number of carbonyl (C=O) groups is 2. The molecule has 2 aromatic rings. The van der Waals surface area contributed by atoms with E-state index in [1.54, 1.807) is 12.2 Å². The van der Waals surface area contributed by atoms with Crippen LogP contribution in [-0.2, 0) is 4.74 Å². The number of amides is 1. The van der Waals surface area contributed by atoms with Crippen LogP contribution >= 0.6 is 0 Å². The highest BCUT2D eigenvalue weighted by Gasteiger charge is 2.33. The van der Waals surface area contributed by atoms with Gasteiger partial charge in [0.2, 0.25) is 0 Å². The quantitative estimate of drug-likeness (QED) is 0.108. The zero-order valence-corrected chi connectivity index (χ0v) is 26.4. The van der Waals surface area contributed by atoms with Crippen LogP contribution in [0.25, 0.3) is 6.08 Å². The van der Waals surface area contributed by atoms with Crippen LogP contribution in [0.1, 0.15) is 69.4 Å². The Morgan fingerprint density at radius 3 is 2.05 bits per heavy atom. The molecule has 1 amide bonds. The Kier molecular flexibility index (Phi) is 14.3. The van der Waals surface area contributed by atoms with Crippen LogP contribution in [0, 0.1) is 29.6 Å². The Bertz CT molecular complexity index is 1260. The van der Waals surface area contributed by atoms with Gasteiger partial charge in [-0.1, -0.05) is 138 Å². The monoisotopic (exact) mass is 587 g/mol. The SMILES string of the molecule is C=C/C=C\[C@H](C)[C@H](OC(N)=O)[C@@H](C)[C@H](O)[C@@H](C)C/C(C)=C\[C@H](C)[C@@H](O)[C@@H](C)/C=C\c1ccc(C(=O)c2ccccc2)cc1. The van der Waals surface area contributed by atoms with Crippen molar-refractivity contribution in [1.29, 1.82) is 0 Å². The van der Waals surface area contributed by atoms with Crippen LogP contribution in [0.15, 0.2) is 97.1 Å². The number of allylic oxidation sites excluding steroid dienone is 3. The Morgan fingerprint density at radius 1 is 0.860 bits per heavy atom. The van der Waals surface area contributed by atoms with Gasteiger partial charge in [-0.3, -0.25) is 4.79 Å². The normalized spacial score (nSPS) is 17.9. The Morgan fingerprint density at radius 2 is 1.47 bits per heavy atom. The van der Waals surface area contributed by atoms with E-state index >= 15 is 0 Å². The third-order valence-electron chi connectivity index (χ3n) is 8.03. The van der Waals surface area contributed by atoms with Gasteiger partial charge in [0.1, 0.15) is 6.10 Å². The minimum atomic E-state index is -0.868. The number of nitrogens with two attached hydrogens (primary N) is 1. The van der Waals surface area contributed by atoms with E-state index in [4.69, 9.17) is 10.5 Å². The first-order chi connectivity index (χ1) is 20.3. The number of ketones is 1. The predicted octanol–water partition coefficient (Wildman–Crippen LogP) is 7.38. The number of carbonyl (C=O) groups excluding carboxylic acids is 2. The molecule has 0 aliphatic heterocycles. The second kappa shape index (κ2) is 17.4. The predicted molar refractivity (Wildman–Crippen MR) is 175 cm³/mol. The highest BCUT2D eigenvalue weighted by atomic mass is 16.6. The molecule has 8 atom stereocenters. The molecule has 6 nitrogen and oxygen atoms in total. The van der Waals surface area contributed by atoms with Crippen molar-refractivity contribution in [3.63, 3.8) is 0 Å². The molecule has 0 saturated heterocycles. The molecule has 2 aromatic carbocycles. The number of rotatable bonds is 16. The van der Waals surface area contributed by atoms with E-state index in [9.17, 15) is 19.8 Å². The van der Waals surface area contributed by atoms with E-state index in [0.29, 0.717) is 17.5 Å². The second-order valence-electron chi connectivity index (χ2n) is 11.8. The fraction of sp³-hybridized carbons (Fsp3) is 0.405. The maximum Gasteiger partial charge on any atom is 0.404 e. The minimum absolute atomic E-state index is 0.0127. The first kappa shape index (κ1) is 35.5. The molecule has 43 heavy (non-hydrogen) atoms. The van der Waals surface area contributed by atoms with Gasteiger partial charge in [0, 0.05) is 34.8 Å². The number of aliphatic hydroxyl groups excluding tert-OH is 2. The number of ether oxygens (including phenoxy) is 1. The zero-order chi connectivity index (χ0) is 32.1. The lowest BCUT2D eigenvalue weighted by molar-refractivity contribution is -0.0266. The molecule has 0 aromatic heterocycles. The highest BCUT2D eigenvalue weighted by molar-refractivity contribution is 6.09. The third-order valence-corrected chi connectivity index (χ3v) is 8.03. The van der Waals surface area contributed by atoms with Crippen molar-refractivity contribution in [1.82, 2.24) is 0 Å². The van der Waals surface area contributed by atoms with Gasteiger partial charge in [0.25, 0.3) is 0 Å². The molecule has 232 valence electrons. The average molecular weight is 588 g/mol. The van der Waals surface area contributed by atoms with Crippen molar-refractivity contribution in [2.24, 2.45) is 35.3 Å². The van der Waals surface area contributed by atoms with Gasteiger partial charge >= 0.3 is 6.09 Å². The lowest BCUT2D eigenvalue weighted by Crippen LogP contribution is -2.41. The van der Waals surface area contributed by atoms with Crippen molar-refractivity contribution in [3.8, 4) is 0 Å².